The van der Waals surface area contributed by atoms with Crippen molar-refractivity contribution in [1.29, 1.82) is 0 Å². The molecule has 0 aliphatic rings. The molecule has 0 bridgehead atoms. The van der Waals surface area contributed by atoms with E-state index in [0.29, 0.717) is 17.1 Å². The molecule has 0 unspecified atom stereocenters. The molecule has 0 radical (unpaired) electrons. The van der Waals surface area contributed by atoms with Crippen molar-refractivity contribution in [3.63, 3.8) is 0 Å². The quantitative estimate of drug-likeness (QED) is 0.246. The van der Waals surface area contributed by atoms with Crippen molar-refractivity contribution in [2.75, 3.05) is 5.32 Å². The van der Waals surface area contributed by atoms with Crippen LogP contribution in [0.5, 0.6) is 0 Å². The van der Waals surface area contributed by atoms with Gasteiger partial charge in [-0.25, -0.2) is 0 Å². The highest BCUT2D eigenvalue weighted by atomic mass is 16.6. The molecule has 2 heterocycles. The number of carbonyl (C=O) groups excluding carboxylic acids is 2. The van der Waals surface area contributed by atoms with Crippen LogP contribution in [0.1, 0.15) is 28.2 Å². The normalized spacial score (nSPS) is 10.5. The number of benzene rings is 2. The monoisotopic (exact) mass is 443 g/mol. The summed E-state index contributed by atoms with van der Waals surface area (Å²) in [4.78, 5) is 44.4. The maximum atomic E-state index is 12.9. The number of pyridine rings is 1. The first kappa shape index (κ1) is 21.5. The van der Waals surface area contributed by atoms with Crippen molar-refractivity contribution in [3.8, 4) is 11.5 Å². The number of nitrogens with one attached hydrogen (secondary N) is 1. The van der Waals surface area contributed by atoms with Gasteiger partial charge >= 0.3 is 0 Å². The van der Waals surface area contributed by atoms with Crippen molar-refractivity contribution >= 4 is 23.1 Å². The molecule has 10 nitrogen and oxygen atoms in total. The minimum Gasteiger partial charge on any atom is -0.339 e. The van der Waals surface area contributed by atoms with Crippen LogP contribution in [-0.2, 0) is 11.2 Å². The van der Waals surface area contributed by atoms with Crippen LogP contribution in [0, 0.1) is 10.1 Å². The van der Waals surface area contributed by atoms with Crippen LogP contribution < -0.4 is 5.32 Å². The molecule has 0 aliphatic carbocycles. The summed E-state index contributed by atoms with van der Waals surface area (Å²) in [5.41, 5.74) is 0.853. The summed E-state index contributed by atoms with van der Waals surface area (Å²) in [6.45, 7) is 0. The number of nitro groups is 1. The number of hydrogen-bond donors (Lipinski definition) is 1. The summed E-state index contributed by atoms with van der Waals surface area (Å²) in [7, 11) is 0. The van der Waals surface area contributed by atoms with Gasteiger partial charge in [-0.05, 0) is 18.2 Å². The van der Waals surface area contributed by atoms with Gasteiger partial charge in [0.05, 0.1) is 16.2 Å². The van der Waals surface area contributed by atoms with Gasteiger partial charge in [0.2, 0.25) is 17.6 Å². The number of rotatable bonds is 8. The Bertz CT molecular complexity index is 1310. The molecular weight excluding hydrogens is 426 g/mol. The lowest BCUT2D eigenvalue weighted by Crippen LogP contribution is -2.16. The largest absolute Gasteiger partial charge is 0.339 e. The van der Waals surface area contributed by atoms with Gasteiger partial charge in [-0.1, -0.05) is 41.6 Å². The lowest BCUT2D eigenvalue weighted by atomic mass is 10.0. The van der Waals surface area contributed by atoms with Gasteiger partial charge < -0.3 is 9.84 Å². The van der Waals surface area contributed by atoms with E-state index in [-0.39, 0.29) is 35.7 Å². The summed E-state index contributed by atoms with van der Waals surface area (Å²) in [6, 6.07) is 17.4. The van der Waals surface area contributed by atoms with Crippen LogP contribution in [-0.4, -0.2) is 31.7 Å². The Morgan fingerprint density at radius 2 is 1.82 bits per heavy atom. The average molecular weight is 443 g/mol. The van der Waals surface area contributed by atoms with E-state index in [2.05, 4.69) is 20.4 Å². The fourth-order valence-electron chi connectivity index (χ4n) is 3.08. The summed E-state index contributed by atoms with van der Waals surface area (Å²) in [6.07, 6.45) is 1.78. The van der Waals surface area contributed by atoms with E-state index in [4.69, 9.17) is 4.52 Å². The number of hydrogen-bond acceptors (Lipinski definition) is 8. The maximum absolute atomic E-state index is 12.9. The minimum atomic E-state index is -0.595. The molecule has 2 aromatic heterocycles. The predicted molar refractivity (Wildman–Crippen MR) is 117 cm³/mol. The van der Waals surface area contributed by atoms with Crippen molar-refractivity contribution in [1.82, 2.24) is 15.1 Å². The smallest absolute Gasteiger partial charge is 0.270 e. The second-order valence-electron chi connectivity index (χ2n) is 6.96. The minimum absolute atomic E-state index is 0.000192. The molecular formula is C23H17N5O5. The molecule has 0 fully saturated rings. The first-order valence-electron chi connectivity index (χ1n) is 9.93. The molecule has 0 saturated heterocycles. The molecule has 0 atom stereocenters. The third-order valence-corrected chi connectivity index (χ3v) is 4.70. The molecule has 164 valence electrons. The lowest BCUT2D eigenvalue weighted by Gasteiger charge is -2.10. The number of carbonyl (C=O) groups is 2. The first-order valence-corrected chi connectivity index (χ1v) is 9.93. The molecule has 0 saturated carbocycles. The predicted octanol–water partition coefficient (Wildman–Crippen LogP) is 3.84. The van der Waals surface area contributed by atoms with Gasteiger partial charge in [-0.2, -0.15) is 4.98 Å². The van der Waals surface area contributed by atoms with Gasteiger partial charge in [0.25, 0.3) is 5.69 Å². The number of amides is 1. The van der Waals surface area contributed by atoms with E-state index in [1.54, 1.807) is 54.7 Å². The van der Waals surface area contributed by atoms with Crippen molar-refractivity contribution in [2.24, 2.45) is 0 Å². The summed E-state index contributed by atoms with van der Waals surface area (Å²) in [5.74, 6) is -0.276. The molecule has 1 amide bonds. The van der Waals surface area contributed by atoms with E-state index < -0.39 is 16.6 Å². The van der Waals surface area contributed by atoms with Crippen LogP contribution in [0.15, 0.2) is 77.4 Å². The number of nitro benzene ring substituents is 1. The average Bonchev–Trinajstić information content (AvgIpc) is 3.33. The molecule has 1 N–H and O–H groups in total. The molecule has 0 aliphatic heterocycles. The third kappa shape index (κ3) is 5.13. The lowest BCUT2D eigenvalue weighted by molar-refractivity contribution is -0.384. The van der Waals surface area contributed by atoms with Crippen molar-refractivity contribution in [2.45, 2.75) is 12.8 Å². The summed E-state index contributed by atoms with van der Waals surface area (Å²) < 4.78 is 5.17. The number of non-ortho nitro benzene ring substituents is 1. The molecule has 4 rings (SSSR count). The number of aromatic nitrogens is 3. The first-order chi connectivity index (χ1) is 16.0. The number of anilines is 1. The van der Waals surface area contributed by atoms with E-state index in [1.807, 2.05) is 0 Å². The van der Waals surface area contributed by atoms with Gasteiger partial charge in [0, 0.05) is 36.7 Å². The highest BCUT2D eigenvalue weighted by molar-refractivity contribution is 6.14. The number of nitrogens with zero attached hydrogens (tertiary/aromatic N) is 4. The zero-order valence-corrected chi connectivity index (χ0v) is 17.2. The molecule has 2 aromatic carbocycles. The van der Waals surface area contributed by atoms with Crippen LogP contribution in [0.25, 0.3) is 11.5 Å². The van der Waals surface area contributed by atoms with Crippen LogP contribution >= 0.6 is 0 Å². The number of aryl methyl sites for hydroxylation is 1. The second kappa shape index (κ2) is 9.60. The summed E-state index contributed by atoms with van der Waals surface area (Å²) >= 11 is 0. The van der Waals surface area contributed by atoms with Crippen molar-refractivity contribution in [3.05, 3.63) is 100 Å². The Labute approximate surface area is 187 Å². The maximum Gasteiger partial charge on any atom is 0.270 e. The molecule has 4 aromatic rings. The SMILES string of the molecule is O=C(CCc1nc(-c2ccccn2)no1)Nc1ccc([N+](=O)[O-])cc1C(=O)c1ccccc1. The van der Waals surface area contributed by atoms with Gasteiger partial charge in [-0.15, -0.1) is 0 Å². The Morgan fingerprint density at radius 3 is 2.55 bits per heavy atom. The van der Waals surface area contributed by atoms with E-state index >= 15 is 0 Å². The Kier molecular flexibility index (Phi) is 6.26. The standard InChI is InChI=1S/C23H17N5O5/c29-20(11-12-21-26-23(27-33-21)19-8-4-5-13-24-19)25-18-10-9-16(28(31)32)14-17(18)22(30)15-6-2-1-3-7-15/h1-10,13-14H,11-12H2,(H,25,29). The number of ketones is 1. The highest BCUT2D eigenvalue weighted by Gasteiger charge is 2.20. The Hall–Kier alpha value is -4.73. The fourth-order valence-corrected chi connectivity index (χ4v) is 3.08. The van der Waals surface area contributed by atoms with Crippen LogP contribution in [0.4, 0.5) is 11.4 Å². The highest BCUT2D eigenvalue weighted by Crippen LogP contribution is 2.25. The van der Waals surface area contributed by atoms with Crippen LogP contribution in [0.3, 0.4) is 0 Å². The van der Waals surface area contributed by atoms with Gasteiger partial charge in [0.15, 0.2) is 5.78 Å². The van der Waals surface area contributed by atoms with E-state index in [9.17, 15) is 19.7 Å². The van der Waals surface area contributed by atoms with Crippen molar-refractivity contribution < 1.29 is 19.0 Å². The molecule has 33 heavy (non-hydrogen) atoms. The Balaban J connectivity index is 1.48. The van der Waals surface area contributed by atoms with Gasteiger partial charge in [0.1, 0.15) is 5.69 Å². The van der Waals surface area contributed by atoms with E-state index in [1.165, 1.54) is 12.1 Å². The zero-order valence-electron chi connectivity index (χ0n) is 17.2. The van der Waals surface area contributed by atoms with E-state index in [0.717, 1.165) is 6.07 Å². The zero-order chi connectivity index (χ0) is 23.2. The molecule has 10 heteroatoms. The molecule has 0 spiro atoms. The second-order valence-corrected chi connectivity index (χ2v) is 6.96. The topological polar surface area (TPSA) is 141 Å². The summed E-state index contributed by atoms with van der Waals surface area (Å²) in [5, 5.41) is 17.7. The van der Waals surface area contributed by atoms with Crippen LogP contribution in [0.2, 0.25) is 0 Å². The van der Waals surface area contributed by atoms with Gasteiger partial charge in [-0.3, -0.25) is 24.7 Å². The fraction of sp³-hybridized carbons (Fsp3) is 0.0870. The third-order valence-electron chi connectivity index (χ3n) is 4.70. The Morgan fingerprint density at radius 1 is 1.03 bits per heavy atom.